The zero-order valence-electron chi connectivity index (χ0n) is 7.87. The number of phenolic OH excluding ortho intramolecular Hbond substituents is 1. The number of thiazole rings is 1. The average molecular weight is 207 g/mol. The number of benzene rings is 1. The van der Waals surface area contributed by atoms with E-state index in [9.17, 15) is 9.90 Å². The Bertz CT molecular complexity index is 516. The first kappa shape index (κ1) is 9.15. The summed E-state index contributed by atoms with van der Waals surface area (Å²) in [5, 5.41) is 10.4. The number of aromatic nitrogens is 1. The van der Waals surface area contributed by atoms with Gasteiger partial charge in [0.05, 0.1) is 9.71 Å². The number of aromatic hydroxyl groups is 1. The first-order valence-corrected chi connectivity index (χ1v) is 5.01. The predicted octanol–water partition coefficient (Wildman–Crippen LogP) is 2.51. The number of Topliss-reactive ketones (excluding diaryl/α,β-unsaturated/α-hetero) is 1. The molecule has 2 aromatic rings. The highest BCUT2D eigenvalue weighted by molar-refractivity contribution is 7.19. The Balaban J connectivity index is 2.87. The van der Waals surface area contributed by atoms with Crippen LogP contribution >= 0.6 is 11.3 Å². The molecule has 0 atom stereocenters. The summed E-state index contributed by atoms with van der Waals surface area (Å²) >= 11 is 1.43. The first-order chi connectivity index (χ1) is 6.59. The highest BCUT2D eigenvalue weighted by atomic mass is 32.1. The van der Waals surface area contributed by atoms with E-state index in [1.807, 2.05) is 6.92 Å². The molecule has 0 spiro atoms. The van der Waals surface area contributed by atoms with Gasteiger partial charge in [0, 0.05) is 5.56 Å². The molecule has 0 radical (unpaired) electrons. The molecule has 4 heteroatoms. The van der Waals surface area contributed by atoms with Gasteiger partial charge < -0.3 is 5.11 Å². The maximum Gasteiger partial charge on any atom is 0.161 e. The number of rotatable bonds is 1. The van der Waals surface area contributed by atoms with Crippen molar-refractivity contribution in [1.82, 2.24) is 4.98 Å². The van der Waals surface area contributed by atoms with E-state index < -0.39 is 0 Å². The van der Waals surface area contributed by atoms with Gasteiger partial charge in [0.2, 0.25) is 0 Å². The Labute approximate surface area is 85.0 Å². The molecule has 1 heterocycles. The Morgan fingerprint density at radius 3 is 2.86 bits per heavy atom. The van der Waals surface area contributed by atoms with Gasteiger partial charge in [-0.15, -0.1) is 11.3 Å². The van der Waals surface area contributed by atoms with Crippen molar-refractivity contribution >= 4 is 27.3 Å². The second-order valence-corrected chi connectivity index (χ2v) is 4.30. The average Bonchev–Trinajstić information content (AvgIpc) is 2.47. The minimum Gasteiger partial charge on any atom is -0.506 e. The molecule has 2 rings (SSSR count). The molecular formula is C10H9NO2S. The zero-order valence-corrected chi connectivity index (χ0v) is 8.68. The third-order valence-electron chi connectivity index (χ3n) is 2.01. The number of phenols is 1. The van der Waals surface area contributed by atoms with E-state index >= 15 is 0 Å². The lowest BCUT2D eigenvalue weighted by molar-refractivity contribution is 0.101. The Hall–Kier alpha value is -1.42. The van der Waals surface area contributed by atoms with Crippen LogP contribution in [0, 0.1) is 6.92 Å². The molecule has 0 aliphatic rings. The highest BCUT2D eigenvalue weighted by Crippen LogP contribution is 2.31. The summed E-state index contributed by atoms with van der Waals surface area (Å²) in [6.45, 7) is 3.37. The van der Waals surface area contributed by atoms with Crippen molar-refractivity contribution in [1.29, 1.82) is 0 Å². The lowest BCUT2D eigenvalue weighted by Crippen LogP contribution is -1.91. The van der Waals surface area contributed by atoms with Crippen molar-refractivity contribution in [3.05, 3.63) is 22.7 Å². The highest BCUT2D eigenvalue weighted by Gasteiger charge is 2.12. The van der Waals surface area contributed by atoms with Gasteiger partial charge in [-0.05, 0) is 26.0 Å². The predicted molar refractivity (Wildman–Crippen MR) is 56.0 cm³/mol. The van der Waals surface area contributed by atoms with E-state index in [0.29, 0.717) is 11.1 Å². The fraction of sp³-hybridized carbons (Fsp3) is 0.200. The molecule has 3 nitrogen and oxygen atoms in total. The maximum absolute atomic E-state index is 11.3. The molecule has 72 valence electrons. The van der Waals surface area contributed by atoms with Crippen molar-refractivity contribution in [3.8, 4) is 5.75 Å². The molecule has 1 aromatic heterocycles. The Kier molecular flexibility index (Phi) is 2.00. The van der Waals surface area contributed by atoms with Crippen molar-refractivity contribution in [2.24, 2.45) is 0 Å². The molecule has 0 unspecified atom stereocenters. The fourth-order valence-electron chi connectivity index (χ4n) is 1.38. The second-order valence-electron chi connectivity index (χ2n) is 3.10. The molecule has 0 saturated carbocycles. The molecule has 0 aliphatic heterocycles. The summed E-state index contributed by atoms with van der Waals surface area (Å²) in [5.74, 6) is 0.132. The van der Waals surface area contributed by atoms with E-state index in [0.717, 1.165) is 9.71 Å². The van der Waals surface area contributed by atoms with Gasteiger partial charge in [-0.25, -0.2) is 4.98 Å². The zero-order chi connectivity index (χ0) is 10.3. The van der Waals surface area contributed by atoms with Crippen LogP contribution in [0.1, 0.15) is 22.3 Å². The molecular weight excluding hydrogens is 198 g/mol. The van der Waals surface area contributed by atoms with Crippen LogP contribution in [0.4, 0.5) is 0 Å². The maximum atomic E-state index is 11.3. The van der Waals surface area contributed by atoms with E-state index in [2.05, 4.69) is 4.98 Å². The van der Waals surface area contributed by atoms with Crippen LogP contribution in [-0.2, 0) is 0 Å². The van der Waals surface area contributed by atoms with Gasteiger partial charge in [-0.1, -0.05) is 0 Å². The van der Waals surface area contributed by atoms with E-state index in [1.165, 1.54) is 24.3 Å². The van der Waals surface area contributed by atoms with Gasteiger partial charge in [0.25, 0.3) is 0 Å². The lowest BCUT2D eigenvalue weighted by Gasteiger charge is -1.98. The van der Waals surface area contributed by atoms with E-state index in [1.54, 1.807) is 6.07 Å². The second kappa shape index (κ2) is 3.06. The monoisotopic (exact) mass is 207 g/mol. The summed E-state index contributed by atoms with van der Waals surface area (Å²) in [6, 6.07) is 3.15. The van der Waals surface area contributed by atoms with Crippen LogP contribution in [-0.4, -0.2) is 15.9 Å². The number of fused-ring (bicyclic) bond motifs is 1. The van der Waals surface area contributed by atoms with Crippen LogP contribution in [0.25, 0.3) is 10.2 Å². The standard InChI is InChI=1S/C10H9NO2S/c1-5(12)7-3-4-8(13)9-10(7)14-6(2)11-9/h3-4,13H,1-2H3. The lowest BCUT2D eigenvalue weighted by atomic mass is 10.1. The first-order valence-electron chi connectivity index (χ1n) is 4.19. The van der Waals surface area contributed by atoms with Crippen molar-refractivity contribution in [2.75, 3.05) is 0 Å². The molecule has 14 heavy (non-hydrogen) atoms. The van der Waals surface area contributed by atoms with Crippen molar-refractivity contribution < 1.29 is 9.90 Å². The number of hydrogen-bond acceptors (Lipinski definition) is 4. The smallest absolute Gasteiger partial charge is 0.161 e. The summed E-state index contributed by atoms with van der Waals surface area (Å²) in [4.78, 5) is 15.4. The van der Waals surface area contributed by atoms with E-state index in [4.69, 9.17) is 0 Å². The van der Waals surface area contributed by atoms with Gasteiger partial charge in [0.15, 0.2) is 5.78 Å². The molecule has 1 N–H and O–H groups in total. The summed E-state index contributed by atoms with van der Waals surface area (Å²) < 4.78 is 0.773. The quantitative estimate of drug-likeness (QED) is 0.731. The fourth-order valence-corrected chi connectivity index (χ4v) is 2.38. The van der Waals surface area contributed by atoms with Gasteiger partial charge in [-0.2, -0.15) is 0 Å². The van der Waals surface area contributed by atoms with Gasteiger partial charge >= 0.3 is 0 Å². The largest absolute Gasteiger partial charge is 0.506 e. The van der Waals surface area contributed by atoms with Crippen LogP contribution in [0.15, 0.2) is 12.1 Å². The van der Waals surface area contributed by atoms with Gasteiger partial charge in [-0.3, -0.25) is 4.79 Å². The molecule has 0 amide bonds. The number of aryl methyl sites for hydroxylation is 1. The summed E-state index contributed by atoms with van der Waals surface area (Å²) in [7, 11) is 0. The summed E-state index contributed by atoms with van der Waals surface area (Å²) in [6.07, 6.45) is 0. The minimum absolute atomic E-state index is 0.00125. The number of hydrogen-bond donors (Lipinski definition) is 1. The molecule has 0 aliphatic carbocycles. The number of carbonyl (C=O) groups is 1. The normalized spacial score (nSPS) is 10.7. The van der Waals surface area contributed by atoms with Crippen LogP contribution in [0.5, 0.6) is 5.75 Å². The minimum atomic E-state index is -0.00125. The number of ketones is 1. The number of carbonyl (C=O) groups excluding carboxylic acids is 1. The summed E-state index contributed by atoms with van der Waals surface area (Å²) in [5.41, 5.74) is 1.16. The van der Waals surface area contributed by atoms with Crippen molar-refractivity contribution in [3.63, 3.8) is 0 Å². The van der Waals surface area contributed by atoms with Crippen LogP contribution in [0.2, 0.25) is 0 Å². The van der Waals surface area contributed by atoms with Crippen LogP contribution in [0.3, 0.4) is 0 Å². The van der Waals surface area contributed by atoms with Crippen LogP contribution < -0.4 is 0 Å². The van der Waals surface area contributed by atoms with E-state index in [-0.39, 0.29) is 11.5 Å². The Morgan fingerprint density at radius 2 is 2.21 bits per heavy atom. The molecule has 0 fully saturated rings. The van der Waals surface area contributed by atoms with Gasteiger partial charge in [0.1, 0.15) is 11.3 Å². The molecule has 0 saturated heterocycles. The molecule has 0 bridgehead atoms. The Morgan fingerprint density at radius 1 is 1.50 bits per heavy atom. The third kappa shape index (κ3) is 1.28. The number of nitrogens with zero attached hydrogens (tertiary/aromatic N) is 1. The SMILES string of the molecule is CC(=O)c1ccc(O)c2nc(C)sc12. The molecule has 1 aromatic carbocycles. The topological polar surface area (TPSA) is 50.2 Å². The van der Waals surface area contributed by atoms with Crippen molar-refractivity contribution in [2.45, 2.75) is 13.8 Å². The third-order valence-corrected chi connectivity index (χ3v) is 3.01.